The van der Waals surface area contributed by atoms with Gasteiger partial charge >= 0.3 is 0 Å². The standard InChI is InChI=1S/C17H23N3O2S/c1-6-11(2)20-16(22)13-9-7-8-10-14(13)18-17(20)23-12(3)15(21)19(4)5/h7-12H,6H2,1-5H3/t11-,12+/m1/s1. The largest absolute Gasteiger partial charge is 0.348 e. The number of carbonyl (C=O) groups is 1. The van der Waals surface area contributed by atoms with Gasteiger partial charge in [-0.15, -0.1) is 0 Å². The molecule has 0 radical (unpaired) electrons. The Morgan fingerprint density at radius 2 is 1.96 bits per heavy atom. The van der Waals surface area contributed by atoms with Crippen molar-refractivity contribution in [3.63, 3.8) is 0 Å². The fraction of sp³-hybridized carbons (Fsp3) is 0.471. The van der Waals surface area contributed by atoms with Gasteiger partial charge in [0.2, 0.25) is 5.91 Å². The molecule has 1 heterocycles. The van der Waals surface area contributed by atoms with Crippen LogP contribution < -0.4 is 5.56 Å². The molecule has 2 aromatic rings. The van der Waals surface area contributed by atoms with Crippen molar-refractivity contribution in [3.8, 4) is 0 Å². The Bertz CT molecular complexity index is 770. The van der Waals surface area contributed by atoms with Gasteiger partial charge in [0.1, 0.15) is 0 Å². The van der Waals surface area contributed by atoms with Gasteiger partial charge in [-0.25, -0.2) is 4.98 Å². The summed E-state index contributed by atoms with van der Waals surface area (Å²) in [4.78, 5) is 31.2. The third-order valence-electron chi connectivity index (χ3n) is 3.88. The van der Waals surface area contributed by atoms with Crippen molar-refractivity contribution in [1.29, 1.82) is 0 Å². The van der Waals surface area contributed by atoms with Crippen LogP contribution >= 0.6 is 11.8 Å². The van der Waals surface area contributed by atoms with Crippen LogP contribution in [0, 0.1) is 0 Å². The maximum atomic E-state index is 12.8. The van der Waals surface area contributed by atoms with E-state index in [1.54, 1.807) is 29.6 Å². The lowest BCUT2D eigenvalue weighted by atomic mass is 10.2. The lowest BCUT2D eigenvalue weighted by Gasteiger charge is -2.21. The Labute approximate surface area is 140 Å². The lowest BCUT2D eigenvalue weighted by molar-refractivity contribution is -0.127. The topological polar surface area (TPSA) is 55.2 Å². The molecule has 124 valence electrons. The summed E-state index contributed by atoms with van der Waals surface area (Å²) >= 11 is 1.34. The third kappa shape index (κ3) is 3.58. The van der Waals surface area contributed by atoms with E-state index in [0.29, 0.717) is 16.1 Å². The summed E-state index contributed by atoms with van der Waals surface area (Å²) < 4.78 is 1.71. The van der Waals surface area contributed by atoms with Crippen LogP contribution in [0.1, 0.15) is 33.2 Å². The zero-order valence-electron chi connectivity index (χ0n) is 14.2. The van der Waals surface area contributed by atoms with E-state index in [2.05, 4.69) is 4.98 Å². The molecule has 1 aromatic heterocycles. The number of carbonyl (C=O) groups excluding carboxylic acids is 1. The lowest BCUT2D eigenvalue weighted by Crippen LogP contribution is -2.31. The van der Waals surface area contributed by atoms with Crippen LogP contribution in [-0.4, -0.2) is 39.7 Å². The Kier molecular flexibility index (Phi) is 5.46. The first-order valence-corrected chi connectivity index (χ1v) is 8.63. The molecule has 5 nitrogen and oxygen atoms in total. The zero-order valence-corrected chi connectivity index (χ0v) is 15.1. The first-order chi connectivity index (χ1) is 10.9. The van der Waals surface area contributed by atoms with Gasteiger partial charge < -0.3 is 4.90 Å². The predicted molar refractivity (Wildman–Crippen MR) is 95.0 cm³/mol. The Morgan fingerprint density at radius 3 is 2.57 bits per heavy atom. The minimum Gasteiger partial charge on any atom is -0.348 e. The quantitative estimate of drug-likeness (QED) is 0.623. The molecule has 0 fully saturated rings. The Morgan fingerprint density at radius 1 is 1.30 bits per heavy atom. The summed E-state index contributed by atoms with van der Waals surface area (Å²) in [5, 5.41) is 0.919. The van der Waals surface area contributed by atoms with Crippen molar-refractivity contribution in [2.45, 2.75) is 43.6 Å². The number of hydrogen-bond acceptors (Lipinski definition) is 4. The van der Waals surface area contributed by atoms with Gasteiger partial charge in [0.15, 0.2) is 5.16 Å². The average Bonchev–Trinajstić information content (AvgIpc) is 2.53. The zero-order chi connectivity index (χ0) is 17.1. The van der Waals surface area contributed by atoms with Crippen molar-refractivity contribution < 1.29 is 4.79 Å². The first kappa shape index (κ1) is 17.5. The molecule has 0 bridgehead atoms. The summed E-state index contributed by atoms with van der Waals surface area (Å²) in [5.41, 5.74) is 0.626. The molecule has 0 saturated heterocycles. The van der Waals surface area contributed by atoms with E-state index in [0.717, 1.165) is 6.42 Å². The van der Waals surface area contributed by atoms with E-state index in [1.165, 1.54) is 11.8 Å². The minimum absolute atomic E-state index is 0.00751. The summed E-state index contributed by atoms with van der Waals surface area (Å²) in [5.74, 6) is 0.00751. The molecule has 0 aliphatic heterocycles. The fourth-order valence-electron chi connectivity index (χ4n) is 2.35. The average molecular weight is 333 g/mol. The van der Waals surface area contributed by atoms with Crippen molar-refractivity contribution in [1.82, 2.24) is 14.5 Å². The van der Waals surface area contributed by atoms with Gasteiger partial charge in [0.25, 0.3) is 5.56 Å². The normalized spacial score (nSPS) is 13.8. The second kappa shape index (κ2) is 7.17. The van der Waals surface area contributed by atoms with E-state index >= 15 is 0 Å². The number of thioether (sulfide) groups is 1. The third-order valence-corrected chi connectivity index (χ3v) is 4.93. The molecular weight excluding hydrogens is 310 g/mol. The first-order valence-electron chi connectivity index (χ1n) is 7.75. The van der Waals surface area contributed by atoms with Crippen LogP contribution in [0.5, 0.6) is 0 Å². The summed E-state index contributed by atoms with van der Waals surface area (Å²) in [6.45, 7) is 5.88. The highest BCUT2D eigenvalue weighted by Gasteiger charge is 2.22. The van der Waals surface area contributed by atoms with Crippen LogP contribution in [0.25, 0.3) is 10.9 Å². The van der Waals surface area contributed by atoms with Gasteiger partial charge in [0.05, 0.1) is 16.2 Å². The molecule has 2 atom stereocenters. The SMILES string of the molecule is CC[C@@H](C)n1c(S[C@@H](C)C(=O)N(C)C)nc2ccccc2c1=O. The smallest absolute Gasteiger partial charge is 0.262 e. The summed E-state index contributed by atoms with van der Waals surface area (Å²) in [6.07, 6.45) is 0.823. The Hall–Kier alpha value is -1.82. The van der Waals surface area contributed by atoms with Crippen molar-refractivity contribution >= 4 is 28.6 Å². The molecule has 0 aliphatic rings. The molecule has 1 amide bonds. The number of aromatic nitrogens is 2. The van der Waals surface area contributed by atoms with Crippen LogP contribution in [0.3, 0.4) is 0 Å². The number of amides is 1. The summed E-state index contributed by atoms with van der Waals surface area (Å²) in [6, 6.07) is 7.37. The highest BCUT2D eigenvalue weighted by atomic mass is 32.2. The van der Waals surface area contributed by atoms with Crippen LogP contribution in [0.15, 0.2) is 34.2 Å². The van der Waals surface area contributed by atoms with Crippen molar-refractivity contribution in [2.24, 2.45) is 0 Å². The van der Waals surface area contributed by atoms with Crippen molar-refractivity contribution in [3.05, 3.63) is 34.6 Å². The molecule has 23 heavy (non-hydrogen) atoms. The molecule has 0 N–H and O–H groups in total. The number of nitrogens with zero attached hydrogens (tertiary/aromatic N) is 3. The number of rotatable bonds is 5. The predicted octanol–water partition coefficient (Wildman–Crippen LogP) is 2.94. The van der Waals surface area contributed by atoms with Crippen LogP contribution in [0.4, 0.5) is 0 Å². The molecular formula is C17H23N3O2S. The Balaban J connectivity index is 2.57. The van der Waals surface area contributed by atoms with Gasteiger partial charge in [0, 0.05) is 20.1 Å². The molecule has 1 aromatic carbocycles. The van der Waals surface area contributed by atoms with E-state index in [-0.39, 0.29) is 22.8 Å². The van der Waals surface area contributed by atoms with E-state index in [1.807, 2.05) is 39.0 Å². The van der Waals surface area contributed by atoms with Gasteiger partial charge in [-0.1, -0.05) is 30.8 Å². The highest BCUT2D eigenvalue weighted by molar-refractivity contribution is 8.00. The van der Waals surface area contributed by atoms with E-state index < -0.39 is 0 Å². The molecule has 0 spiro atoms. The monoisotopic (exact) mass is 333 g/mol. The number of fused-ring (bicyclic) bond motifs is 1. The van der Waals surface area contributed by atoms with Gasteiger partial charge in [-0.05, 0) is 32.4 Å². The van der Waals surface area contributed by atoms with Crippen molar-refractivity contribution in [2.75, 3.05) is 14.1 Å². The minimum atomic E-state index is -0.298. The molecule has 6 heteroatoms. The number of hydrogen-bond donors (Lipinski definition) is 0. The van der Waals surface area contributed by atoms with Gasteiger partial charge in [-0.2, -0.15) is 0 Å². The maximum absolute atomic E-state index is 12.8. The second-order valence-electron chi connectivity index (χ2n) is 5.84. The molecule has 0 saturated carbocycles. The van der Waals surface area contributed by atoms with E-state index in [4.69, 9.17) is 0 Å². The molecule has 2 rings (SSSR count). The number of benzene rings is 1. The highest BCUT2D eigenvalue weighted by Crippen LogP contribution is 2.26. The van der Waals surface area contributed by atoms with Gasteiger partial charge in [-0.3, -0.25) is 14.2 Å². The second-order valence-corrected chi connectivity index (χ2v) is 7.14. The fourth-order valence-corrected chi connectivity index (χ4v) is 3.51. The van der Waals surface area contributed by atoms with Crippen LogP contribution in [-0.2, 0) is 4.79 Å². The van der Waals surface area contributed by atoms with Crippen LogP contribution in [0.2, 0.25) is 0 Å². The van der Waals surface area contributed by atoms with E-state index in [9.17, 15) is 9.59 Å². The molecule has 0 unspecified atom stereocenters. The molecule has 0 aliphatic carbocycles. The number of para-hydroxylation sites is 1. The maximum Gasteiger partial charge on any atom is 0.262 e. The summed E-state index contributed by atoms with van der Waals surface area (Å²) in [7, 11) is 3.46.